The molecule has 0 aliphatic heterocycles. The maximum absolute atomic E-state index is 11.8. The first kappa shape index (κ1) is 11.8. The topological polar surface area (TPSA) is 63.6 Å². The third-order valence-electron chi connectivity index (χ3n) is 3.08. The molecule has 2 aromatic heterocycles. The van der Waals surface area contributed by atoms with Crippen molar-refractivity contribution in [2.24, 2.45) is 0 Å². The molecule has 5 nitrogen and oxygen atoms in total. The zero-order chi connectivity index (χ0) is 12.6. The van der Waals surface area contributed by atoms with E-state index in [9.17, 15) is 4.79 Å². The molecule has 0 fully saturated rings. The lowest BCUT2D eigenvalue weighted by atomic mass is 10.1. The molecule has 0 saturated heterocycles. The van der Waals surface area contributed by atoms with Crippen LogP contribution in [-0.4, -0.2) is 19.5 Å². The van der Waals surface area contributed by atoms with Crippen molar-refractivity contribution in [1.82, 2.24) is 19.5 Å². The van der Waals surface area contributed by atoms with Gasteiger partial charge < -0.3 is 0 Å². The van der Waals surface area contributed by atoms with Crippen molar-refractivity contribution >= 4 is 11.3 Å². The third kappa shape index (κ3) is 1.97. The minimum absolute atomic E-state index is 0.0812. The standard InChI is InChI=1S/C12H18N4O/c1-5-8(4)9-6-13-10-11(14-9)16(7(2)3)12(17)15-10/h6-8H,5H2,1-4H3,(H,13,15,17). The summed E-state index contributed by atoms with van der Waals surface area (Å²) in [6.07, 6.45) is 2.76. The van der Waals surface area contributed by atoms with E-state index in [1.54, 1.807) is 10.8 Å². The molecule has 0 saturated carbocycles. The van der Waals surface area contributed by atoms with Crippen LogP contribution in [-0.2, 0) is 0 Å². The third-order valence-corrected chi connectivity index (χ3v) is 3.08. The first-order valence-corrected chi connectivity index (χ1v) is 6.01. The van der Waals surface area contributed by atoms with Gasteiger partial charge in [-0.05, 0) is 26.2 Å². The van der Waals surface area contributed by atoms with Crippen LogP contribution in [0.25, 0.3) is 11.3 Å². The summed E-state index contributed by atoms with van der Waals surface area (Å²) in [7, 11) is 0. The van der Waals surface area contributed by atoms with Gasteiger partial charge in [0.15, 0.2) is 11.3 Å². The van der Waals surface area contributed by atoms with Crippen LogP contribution in [0.5, 0.6) is 0 Å². The molecule has 2 aromatic rings. The zero-order valence-corrected chi connectivity index (χ0v) is 10.7. The average Bonchev–Trinajstić information content (AvgIpc) is 2.62. The smallest absolute Gasteiger partial charge is 0.289 e. The second-order valence-electron chi connectivity index (χ2n) is 4.67. The molecule has 0 spiro atoms. The van der Waals surface area contributed by atoms with E-state index in [4.69, 9.17) is 0 Å². The molecule has 0 aromatic carbocycles. The lowest BCUT2D eigenvalue weighted by Crippen LogP contribution is -2.19. The van der Waals surface area contributed by atoms with E-state index in [0.717, 1.165) is 12.1 Å². The van der Waals surface area contributed by atoms with Crippen molar-refractivity contribution in [2.45, 2.75) is 46.1 Å². The Labute approximate surface area is 99.9 Å². The number of rotatable bonds is 3. The normalized spacial score (nSPS) is 13.5. The van der Waals surface area contributed by atoms with Gasteiger partial charge in [0.1, 0.15) is 0 Å². The molecule has 2 rings (SSSR count). The van der Waals surface area contributed by atoms with Crippen molar-refractivity contribution in [3.05, 3.63) is 22.4 Å². The highest BCUT2D eigenvalue weighted by Crippen LogP contribution is 2.18. The average molecular weight is 234 g/mol. The summed E-state index contributed by atoms with van der Waals surface area (Å²) in [5.74, 6) is 0.359. The molecular formula is C12H18N4O. The van der Waals surface area contributed by atoms with Gasteiger partial charge >= 0.3 is 5.69 Å². The Bertz CT molecular complexity index is 582. The Kier molecular flexibility index (Phi) is 3.00. The van der Waals surface area contributed by atoms with Crippen LogP contribution in [0.3, 0.4) is 0 Å². The first-order chi connectivity index (χ1) is 8.04. The minimum Gasteiger partial charge on any atom is -0.289 e. The minimum atomic E-state index is -0.142. The first-order valence-electron chi connectivity index (χ1n) is 6.01. The summed E-state index contributed by atoms with van der Waals surface area (Å²) in [6.45, 7) is 8.15. The fraction of sp³-hybridized carbons (Fsp3) is 0.583. The van der Waals surface area contributed by atoms with E-state index in [1.165, 1.54) is 0 Å². The van der Waals surface area contributed by atoms with E-state index in [0.29, 0.717) is 17.2 Å². The Morgan fingerprint density at radius 2 is 2.12 bits per heavy atom. The molecule has 0 amide bonds. The molecule has 2 heterocycles. The lowest BCUT2D eigenvalue weighted by molar-refractivity contribution is 0.591. The second-order valence-corrected chi connectivity index (χ2v) is 4.67. The Morgan fingerprint density at radius 3 is 2.71 bits per heavy atom. The largest absolute Gasteiger partial charge is 0.329 e. The number of H-pyrrole nitrogens is 1. The van der Waals surface area contributed by atoms with Crippen LogP contribution in [0.2, 0.25) is 0 Å². The summed E-state index contributed by atoms with van der Waals surface area (Å²) in [4.78, 5) is 23.3. The quantitative estimate of drug-likeness (QED) is 0.885. The molecule has 92 valence electrons. The molecule has 1 atom stereocenters. The van der Waals surface area contributed by atoms with E-state index in [2.05, 4.69) is 28.8 Å². The molecule has 17 heavy (non-hydrogen) atoms. The molecule has 5 heteroatoms. The van der Waals surface area contributed by atoms with Gasteiger partial charge in [0.25, 0.3) is 0 Å². The van der Waals surface area contributed by atoms with Crippen molar-refractivity contribution in [2.75, 3.05) is 0 Å². The zero-order valence-electron chi connectivity index (χ0n) is 10.7. The molecule has 0 bridgehead atoms. The van der Waals surface area contributed by atoms with Gasteiger partial charge in [-0.2, -0.15) is 0 Å². The molecule has 1 N–H and O–H groups in total. The molecule has 1 unspecified atom stereocenters. The number of imidazole rings is 1. The molecule has 0 aliphatic carbocycles. The number of aromatic nitrogens is 4. The lowest BCUT2D eigenvalue weighted by Gasteiger charge is -2.09. The number of aromatic amines is 1. The van der Waals surface area contributed by atoms with Crippen molar-refractivity contribution in [1.29, 1.82) is 0 Å². The second kappa shape index (κ2) is 4.31. The maximum atomic E-state index is 11.8. The predicted molar refractivity (Wildman–Crippen MR) is 67.2 cm³/mol. The van der Waals surface area contributed by atoms with E-state index in [1.807, 2.05) is 13.8 Å². The summed E-state index contributed by atoms with van der Waals surface area (Å²) < 4.78 is 1.65. The van der Waals surface area contributed by atoms with Crippen LogP contribution in [0.15, 0.2) is 11.0 Å². The van der Waals surface area contributed by atoms with Crippen molar-refractivity contribution in [3.8, 4) is 0 Å². The van der Waals surface area contributed by atoms with Crippen molar-refractivity contribution in [3.63, 3.8) is 0 Å². The Morgan fingerprint density at radius 1 is 1.41 bits per heavy atom. The monoisotopic (exact) mass is 234 g/mol. The Hall–Kier alpha value is -1.65. The van der Waals surface area contributed by atoms with Gasteiger partial charge in [0.2, 0.25) is 0 Å². The van der Waals surface area contributed by atoms with Crippen LogP contribution in [0, 0.1) is 0 Å². The fourth-order valence-electron chi connectivity index (χ4n) is 1.83. The number of fused-ring (bicyclic) bond motifs is 1. The molecule has 0 aliphatic rings. The maximum Gasteiger partial charge on any atom is 0.329 e. The Balaban J connectivity index is 2.66. The van der Waals surface area contributed by atoms with Gasteiger partial charge in [-0.15, -0.1) is 0 Å². The van der Waals surface area contributed by atoms with Gasteiger partial charge in [-0.1, -0.05) is 13.8 Å². The van der Waals surface area contributed by atoms with Gasteiger partial charge in [0.05, 0.1) is 11.9 Å². The van der Waals surface area contributed by atoms with Crippen molar-refractivity contribution < 1.29 is 0 Å². The van der Waals surface area contributed by atoms with Gasteiger partial charge in [-0.25, -0.2) is 14.8 Å². The SMILES string of the molecule is CCC(C)c1cnc2[nH]c(=O)n(C(C)C)c2n1. The van der Waals surface area contributed by atoms with Gasteiger partial charge in [-0.3, -0.25) is 9.55 Å². The molecule has 0 radical (unpaired) electrons. The number of nitrogens with one attached hydrogen (secondary N) is 1. The predicted octanol–water partition coefficient (Wildman–Crippen LogP) is 2.21. The number of nitrogens with zero attached hydrogens (tertiary/aromatic N) is 3. The van der Waals surface area contributed by atoms with E-state index < -0.39 is 0 Å². The summed E-state index contributed by atoms with van der Waals surface area (Å²) in [6, 6.07) is 0.0812. The number of hydrogen-bond acceptors (Lipinski definition) is 3. The van der Waals surface area contributed by atoms with Gasteiger partial charge in [0, 0.05) is 6.04 Å². The van der Waals surface area contributed by atoms with Crippen LogP contribution in [0.4, 0.5) is 0 Å². The van der Waals surface area contributed by atoms with Crippen LogP contribution < -0.4 is 5.69 Å². The highest BCUT2D eigenvalue weighted by molar-refractivity contribution is 5.65. The van der Waals surface area contributed by atoms with E-state index in [-0.39, 0.29) is 11.7 Å². The highest BCUT2D eigenvalue weighted by Gasteiger charge is 2.14. The van der Waals surface area contributed by atoms with E-state index >= 15 is 0 Å². The summed E-state index contributed by atoms with van der Waals surface area (Å²) >= 11 is 0. The fourth-order valence-corrected chi connectivity index (χ4v) is 1.83. The summed E-state index contributed by atoms with van der Waals surface area (Å²) in [5.41, 5.74) is 2.02. The van der Waals surface area contributed by atoms with Crippen LogP contribution >= 0.6 is 0 Å². The summed E-state index contributed by atoms with van der Waals surface area (Å²) in [5, 5.41) is 0. The highest BCUT2D eigenvalue weighted by atomic mass is 16.1. The van der Waals surface area contributed by atoms with Crippen LogP contribution in [0.1, 0.15) is 51.8 Å². The molecular weight excluding hydrogens is 216 g/mol. The number of hydrogen-bond donors (Lipinski definition) is 1.